The van der Waals surface area contributed by atoms with E-state index in [0.29, 0.717) is 12.2 Å². The predicted molar refractivity (Wildman–Crippen MR) is 85.1 cm³/mol. The summed E-state index contributed by atoms with van der Waals surface area (Å²) in [6.07, 6.45) is 1.91. The highest BCUT2D eigenvalue weighted by molar-refractivity contribution is 5.96. The summed E-state index contributed by atoms with van der Waals surface area (Å²) in [5, 5.41) is 4.15. The molecule has 0 spiro atoms. The van der Waals surface area contributed by atoms with Crippen molar-refractivity contribution < 1.29 is 9.53 Å². The number of nitrogens with one attached hydrogen (secondary N) is 1. The van der Waals surface area contributed by atoms with Gasteiger partial charge in [-0.2, -0.15) is 0 Å². The fourth-order valence-electron chi connectivity index (χ4n) is 2.04. The number of nitrogens with zero attached hydrogens (tertiary/aromatic N) is 1. The van der Waals surface area contributed by atoms with Gasteiger partial charge in [0.25, 0.3) is 0 Å². The maximum absolute atomic E-state index is 11.7. The Kier molecular flexibility index (Phi) is 4.31. The summed E-state index contributed by atoms with van der Waals surface area (Å²) in [7, 11) is 0. The number of ether oxygens (including phenoxy) is 1. The van der Waals surface area contributed by atoms with E-state index in [0.717, 1.165) is 16.6 Å². The van der Waals surface area contributed by atoms with Crippen LogP contribution in [0.1, 0.15) is 27.2 Å². The van der Waals surface area contributed by atoms with Gasteiger partial charge >= 0.3 is 5.97 Å². The lowest BCUT2D eigenvalue weighted by Gasteiger charge is -2.19. The first-order valence-electron chi connectivity index (χ1n) is 6.96. The van der Waals surface area contributed by atoms with E-state index in [1.165, 1.54) is 0 Å². The van der Waals surface area contributed by atoms with Gasteiger partial charge in [-0.25, -0.2) is 0 Å². The number of nitrogen functional groups attached to an aromatic ring is 1. The molecule has 0 aliphatic heterocycles. The molecule has 112 valence electrons. The Morgan fingerprint density at radius 1 is 1.33 bits per heavy atom. The van der Waals surface area contributed by atoms with Crippen molar-refractivity contribution in [2.24, 2.45) is 0 Å². The molecule has 0 fully saturated rings. The summed E-state index contributed by atoms with van der Waals surface area (Å²) in [5.74, 6) is -0.230. The molecule has 0 atom stereocenters. The summed E-state index contributed by atoms with van der Waals surface area (Å²) in [4.78, 5) is 16.0. The van der Waals surface area contributed by atoms with Crippen LogP contribution in [0.25, 0.3) is 10.9 Å². The van der Waals surface area contributed by atoms with Crippen LogP contribution >= 0.6 is 0 Å². The van der Waals surface area contributed by atoms with Gasteiger partial charge in [-0.15, -0.1) is 0 Å². The molecule has 0 saturated heterocycles. The predicted octanol–water partition coefficient (Wildman–Crippen LogP) is 2.96. The molecule has 5 heteroatoms. The second-order valence-corrected chi connectivity index (χ2v) is 5.87. The molecular formula is C16H21N3O2. The largest absolute Gasteiger partial charge is 0.460 e. The summed E-state index contributed by atoms with van der Waals surface area (Å²) in [6, 6.07) is 7.74. The average Bonchev–Trinajstić information content (AvgIpc) is 2.39. The summed E-state index contributed by atoms with van der Waals surface area (Å²) in [6.45, 7) is 6.03. The molecule has 5 nitrogen and oxygen atoms in total. The fourth-order valence-corrected chi connectivity index (χ4v) is 2.04. The van der Waals surface area contributed by atoms with Crippen molar-refractivity contribution in [3.8, 4) is 0 Å². The second kappa shape index (κ2) is 5.99. The number of pyridine rings is 1. The topological polar surface area (TPSA) is 77.2 Å². The Labute approximate surface area is 124 Å². The Morgan fingerprint density at radius 2 is 2.05 bits per heavy atom. The third kappa shape index (κ3) is 4.08. The number of hydrogen-bond acceptors (Lipinski definition) is 5. The van der Waals surface area contributed by atoms with Crippen LogP contribution in [0, 0.1) is 0 Å². The third-order valence-corrected chi connectivity index (χ3v) is 2.86. The lowest BCUT2D eigenvalue weighted by molar-refractivity contribution is -0.154. The van der Waals surface area contributed by atoms with E-state index < -0.39 is 5.60 Å². The molecule has 0 amide bonds. The second-order valence-electron chi connectivity index (χ2n) is 5.87. The number of nitrogens with two attached hydrogens (primary N) is 1. The first-order valence-corrected chi connectivity index (χ1v) is 6.96. The van der Waals surface area contributed by atoms with Crippen LogP contribution in [0.15, 0.2) is 30.5 Å². The molecule has 21 heavy (non-hydrogen) atoms. The maximum atomic E-state index is 11.7. The van der Waals surface area contributed by atoms with Gasteiger partial charge in [-0.3, -0.25) is 9.78 Å². The number of carbonyl (C=O) groups is 1. The normalized spacial score (nSPS) is 11.4. The molecule has 0 aliphatic carbocycles. The van der Waals surface area contributed by atoms with Crippen molar-refractivity contribution >= 4 is 28.2 Å². The van der Waals surface area contributed by atoms with E-state index in [-0.39, 0.29) is 12.4 Å². The summed E-state index contributed by atoms with van der Waals surface area (Å²) < 4.78 is 5.27. The molecule has 2 rings (SSSR count). The zero-order chi connectivity index (χ0) is 15.5. The molecule has 1 aromatic heterocycles. The monoisotopic (exact) mass is 287 g/mol. The number of anilines is 2. The maximum Gasteiger partial charge on any atom is 0.308 e. The lowest BCUT2D eigenvalue weighted by Crippen LogP contribution is -2.25. The van der Waals surface area contributed by atoms with Gasteiger partial charge in [0.2, 0.25) is 0 Å². The van der Waals surface area contributed by atoms with Crippen molar-refractivity contribution in [3.63, 3.8) is 0 Å². The Bertz CT molecular complexity index is 648. The van der Waals surface area contributed by atoms with Crippen LogP contribution in [0.3, 0.4) is 0 Å². The first kappa shape index (κ1) is 15.1. The van der Waals surface area contributed by atoms with Crippen molar-refractivity contribution in [1.29, 1.82) is 0 Å². The number of benzene rings is 1. The van der Waals surface area contributed by atoms with Crippen LogP contribution in [-0.4, -0.2) is 23.1 Å². The molecule has 1 heterocycles. The number of aromatic nitrogens is 1. The highest BCUT2D eigenvalue weighted by Crippen LogP contribution is 2.27. The highest BCUT2D eigenvalue weighted by atomic mass is 16.6. The third-order valence-electron chi connectivity index (χ3n) is 2.86. The molecule has 3 N–H and O–H groups in total. The van der Waals surface area contributed by atoms with Crippen molar-refractivity contribution in [2.45, 2.75) is 32.8 Å². The van der Waals surface area contributed by atoms with Gasteiger partial charge in [0.05, 0.1) is 29.5 Å². The Morgan fingerprint density at radius 3 is 2.76 bits per heavy atom. The van der Waals surface area contributed by atoms with E-state index >= 15 is 0 Å². The summed E-state index contributed by atoms with van der Waals surface area (Å²) >= 11 is 0. The van der Waals surface area contributed by atoms with E-state index in [9.17, 15) is 4.79 Å². The van der Waals surface area contributed by atoms with Gasteiger partial charge in [-0.05, 0) is 26.8 Å². The minimum Gasteiger partial charge on any atom is -0.460 e. The molecule has 0 unspecified atom stereocenters. The SMILES string of the molecule is CC(C)(C)OC(=O)CCNc1c(N)cnc2ccccc12. The number of fused-ring (bicyclic) bond motifs is 1. The van der Waals surface area contributed by atoms with Gasteiger partial charge in [0, 0.05) is 11.9 Å². The minimum atomic E-state index is -0.459. The Hall–Kier alpha value is -2.30. The molecule has 0 saturated carbocycles. The van der Waals surface area contributed by atoms with E-state index in [1.54, 1.807) is 6.20 Å². The fraction of sp³-hybridized carbons (Fsp3) is 0.375. The lowest BCUT2D eigenvalue weighted by atomic mass is 10.1. The number of carbonyl (C=O) groups excluding carboxylic acids is 1. The van der Waals surface area contributed by atoms with E-state index in [1.807, 2.05) is 45.0 Å². The van der Waals surface area contributed by atoms with Crippen LogP contribution in [0.4, 0.5) is 11.4 Å². The molecule has 0 radical (unpaired) electrons. The highest BCUT2D eigenvalue weighted by Gasteiger charge is 2.16. The quantitative estimate of drug-likeness (QED) is 0.845. The number of rotatable bonds is 4. The molecule has 1 aromatic carbocycles. The van der Waals surface area contributed by atoms with E-state index in [2.05, 4.69) is 10.3 Å². The molecule has 0 bridgehead atoms. The van der Waals surface area contributed by atoms with E-state index in [4.69, 9.17) is 10.5 Å². The van der Waals surface area contributed by atoms with Gasteiger partial charge in [0.15, 0.2) is 0 Å². The van der Waals surface area contributed by atoms with Crippen LogP contribution < -0.4 is 11.1 Å². The molecule has 0 aliphatic rings. The van der Waals surface area contributed by atoms with Crippen LogP contribution in [0.2, 0.25) is 0 Å². The first-order chi connectivity index (χ1) is 9.87. The zero-order valence-corrected chi connectivity index (χ0v) is 12.6. The standard InChI is InChI=1S/C16H21N3O2/c1-16(2,3)21-14(20)8-9-18-15-11-6-4-5-7-13(11)19-10-12(15)17/h4-7,10H,8-9,17H2,1-3H3,(H,18,19). The number of para-hydroxylation sites is 1. The van der Waals surface area contributed by atoms with Crippen molar-refractivity contribution in [3.05, 3.63) is 30.5 Å². The van der Waals surface area contributed by atoms with Crippen molar-refractivity contribution in [2.75, 3.05) is 17.6 Å². The van der Waals surface area contributed by atoms with Crippen molar-refractivity contribution in [1.82, 2.24) is 4.98 Å². The van der Waals surface area contributed by atoms with Crippen LogP contribution in [-0.2, 0) is 9.53 Å². The number of esters is 1. The van der Waals surface area contributed by atoms with Crippen LogP contribution in [0.5, 0.6) is 0 Å². The smallest absolute Gasteiger partial charge is 0.308 e. The average molecular weight is 287 g/mol. The summed E-state index contributed by atoms with van der Waals surface area (Å²) in [5.41, 5.74) is 7.75. The van der Waals surface area contributed by atoms with Gasteiger partial charge < -0.3 is 15.8 Å². The molecule has 2 aromatic rings. The number of hydrogen-bond donors (Lipinski definition) is 2. The molecular weight excluding hydrogens is 266 g/mol. The zero-order valence-electron chi connectivity index (χ0n) is 12.6. The Balaban J connectivity index is 2.04. The van der Waals surface area contributed by atoms with Gasteiger partial charge in [-0.1, -0.05) is 18.2 Å². The minimum absolute atomic E-state index is 0.230. The van der Waals surface area contributed by atoms with Gasteiger partial charge in [0.1, 0.15) is 5.60 Å².